The van der Waals surface area contributed by atoms with E-state index in [-0.39, 0.29) is 5.02 Å². The third-order valence-corrected chi connectivity index (χ3v) is 2.02. The summed E-state index contributed by atoms with van der Waals surface area (Å²) < 4.78 is 26.2. The maximum atomic E-state index is 13.2. The van der Waals surface area contributed by atoms with Crippen LogP contribution in [0.1, 0.15) is 26.3 Å². The molecule has 0 radical (unpaired) electrons. The summed E-state index contributed by atoms with van der Waals surface area (Å²) in [7, 11) is 0. The van der Waals surface area contributed by atoms with Crippen LogP contribution in [0.3, 0.4) is 0 Å². The number of hydrogen-bond acceptors (Lipinski definition) is 0. The third-order valence-electron chi connectivity index (χ3n) is 1.80. The van der Waals surface area contributed by atoms with Gasteiger partial charge in [-0.2, -0.15) is 0 Å². The van der Waals surface area contributed by atoms with E-state index in [2.05, 4.69) is 0 Å². The predicted octanol–water partition coefficient (Wildman–Crippen LogP) is 3.92. The van der Waals surface area contributed by atoms with Gasteiger partial charge in [0.2, 0.25) is 0 Å². The van der Waals surface area contributed by atoms with E-state index < -0.39 is 17.0 Å². The standard InChI is InChI=1S/C10H11ClF2/c1-10(2,3)7-4-6(11)5-8(12)9(7)13/h4-5H,1-3H3. The molecule has 0 bridgehead atoms. The zero-order valence-electron chi connectivity index (χ0n) is 7.79. The van der Waals surface area contributed by atoms with Crippen LogP contribution < -0.4 is 0 Å². The van der Waals surface area contributed by atoms with Crippen molar-refractivity contribution < 1.29 is 8.78 Å². The lowest BCUT2D eigenvalue weighted by Crippen LogP contribution is -2.14. The fourth-order valence-electron chi connectivity index (χ4n) is 1.10. The Bertz CT molecular complexity index is 326. The van der Waals surface area contributed by atoms with Crippen LogP contribution in [0.25, 0.3) is 0 Å². The maximum absolute atomic E-state index is 13.2. The average Bonchev–Trinajstić information content (AvgIpc) is 1.94. The van der Waals surface area contributed by atoms with Crippen LogP contribution in [0.15, 0.2) is 12.1 Å². The van der Waals surface area contributed by atoms with Crippen molar-refractivity contribution in [1.82, 2.24) is 0 Å². The highest BCUT2D eigenvalue weighted by atomic mass is 35.5. The number of halogens is 3. The lowest BCUT2D eigenvalue weighted by atomic mass is 9.86. The van der Waals surface area contributed by atoms with Crippen LogP contribution in [0, 0.1) is 11.6 Å². The zero-order chi connectivity index (χ0) is 10.2. The van der Waals surface area contributed by atoms with Gasteiger partial charge < -0.3 is 0 Å². The SMILES string of the molecule is CC(C)(C)c1cc(Cl)cc(F)c1F. The van der Waals surface area contributed by atoms with Crippen LogP contribution >= 0.6 is 11.6 Å². The Morgan fingerprint density at radius 1 is 1.15 bits per heavy atom. The Morgan fingerprint density at radius 3 is 2.15 bits per heavy atom. The normalized spacial score (nSPS) is 11.8. The van der Waals surface area contributed by atoms with Gasteiger partial charge in [-0.1, -0.05) is 32.4 Å². The van der Waals surface area contributed by atoms with E-state index in [4.69, 9.17) is 11.6 Å². The summed E-state index contributed by atoms with van der Waals surface area (Å²) in [5, 5.41) is 0.226. The Labute approximate surface area is 81.5 Å². The van der Waals surface area contributed by atoms with Crippen molar-refractivity contribution in [2.75, 3.05) is 0 Å². The Kier molecular flexibility index (Phi) is 2.62. The summed E-state index contributed by atoms with van der Waals surface area (Å²) in [6.45, 7) is 5.42. The zero-order valence-corrected chi connectivity index (χ0v) is 8.54. The Balaban J connectivity index is 3.37. The molecule has 13 heavy (non-hydrogen) atoms. The van der Waals surface area contributed by atoms with Crippen molar-refractivity contribution in [3.8, 4) is 0 Å². The fourth-order valence-corrected chi connectivity index (χ4v) is 1.31. The molecular weight excluding hydrogens is 194 g/mol. The van der Waals surface area contributed by atoms with Crippen molar-refractivity contribution in [2.45, 2.75) is 26.2 Å². The van der Waals surface area contributed by atoms with Gasteiger partial charge in [0, 0.05) is 5.02 Å². The van der Waals surface area contributed by atoms with Gasteiger partial charge in [-0.05, 0) is 23.1 Å². The lowest BCUT2D eigenvalue weighted by molar-refractivity contribution is 0.465. The molecule has 1 aromatic rings. The first-order valence-electron chi connectivity index (χ1n) is 3.97. The fraction of sp³-hybridized carbons (Fsp3) is 0.400. The summed E-state index contributed by atoms with van der Waals surface area (Å²) in [4.78, 5) is 0. The highest BCUT2D eigenvalue weighted by molar-refractivity contribution is 6.30. The van der Waals surface area contributed by atoms with E-state index in [1.165, 1.54) is 6.07 Å². The molecule has 0 aliphatic heterocycles. The molecule has 0 atom stereocenters. The minimum atomic E-state index is -0.891. The molecule has 0 amide bonds. The molecule has 0 heterocycles. The van der Waals surface area contributed by atoms with E-state index in [1.54, 1.807) is 20.8 Å². The van der Waals surface area contributed by atoms with Crippen molar-refractivity contribution in [2.24, 2.45) is 0 Å². The summed E-state index contributed by atoms with van der Waals surface area (Å²) >= 11 is 5.62. The molecule has 0 fully saturated rings. The molecule has 3 heteroatoms. The second-order valence-corrected chi connectivity index (χ2v) is 4.44. The molecule has 0 nitrogen and oxygen atoms in total. The molecule has 72 valence electrons. The van der Waals surface area contributed by atoms with Crippen LogP contribution in [0.2, 0.25) is 5.02 Å². The number of hydrogen-bond donors (Lipinski definition) is 0. The average molecular weight is 205 g/mol. The largest absolute Gasteiger partial charge is 0.204 e. The molecule has 0 aromatic heterocycles. The minimum Gasteiger partial charge on any atom is -0.204 e. The monoisotopic (exact) mass is 204 g/mol. The molecule has 0 N–H and O–H groups in total. The summed E-state index contributed by atoms with van der Waals surface area (Å²) in [6.07, 6.45) is 0. The smallest absolute Gasteiger partial charge is 0.162 e. The highest BCUT2D eigenvalue weighted by Gasteiger charge is 2.21. The molecule has 0 spiro atoms. The Morgan fingerprint density at radius 2 is 1.69 bits per heavy atom. The molecule has 0 aliphatic carbocycles. The van der Waals surface area contributed by atoms with Crippen LogP contribution in [0.4, 0.5) is 8.78 Å². The van der Waals surface area contributed by atoms with Crippen molar-refractivity contribution in [3.63, 3.8) is 0 Å². The van der Waals surface area contributed by atoms with Crippen molar-refractivity contribution in [3.05, 3.63) is 34.4 Å². The molecule has 1 aromatic carbocycles. The van der Waals surface area contributed by atoms with Crippen LogP contribution in [-0.2, 0) is 5.41 Å². The third kappa shape index (κ3) is 2.19. The van der Waals surface area contributed by atoms with Gasteiger partial charge in [0.15, 0.2) is 11.6 Å². The first-order chi connectivity index (χ1) is 5.82. The Hall–Kier alpha value is -0.630. The van der Waals surface area contributed by atoms with E-state index in [0.29, 0.717) is 5.56 Å². The van der Waals surface area contributed by atoms with E-state index in [1.807, 2.05) is 0 Å². The van der Waals surface area contributed by atoms with E-state index in [0.717, 1.165) is 6.07 Å². The predicted molar refractivity (Wildman–Crippen MR) is 50.1 cm³/mol. The number of benzene rings is 1. The minimum absolute atomic E-state index is 0.226. The molecule has 0 saturated heterocycles. The molecular formula is C10H11ClF2. The van der Waals surface area contributed by atoms with Gasteiger partial charge >= 0.3 is 0 Å². The van der Waals surface area contributed by atoms with Crippen LogP contribution in [-0.4, -0.2) is 0 Å². The van der Waals surface area contributed by atoms with Crippen molar-refractivity contribution in [1.29, 1.82) is 0 Å². The number of rotatable bonds is 0. The van der Waals surface area contributed by atoms with Gasteiger partial charge in [-0.15, -0.1) is 0 Å². The van der Waals surface area contributed by atoms with Gasteiger partial charge in [0.25, 0.3) is 0 Å². The highest BCUT2D eigenvalue weighted by Crippen LogP contribution is 2.29. The van der Waals surface area contributed by atoms with E-state index >= 15 is 0 Å². The maximum Gasteiger partial charge on any atom is 0.162 e. The van der Waals surface area contributed by atoms with Gasteiger partial charge in [0.1, 0.15) is 0 Å². The second-order valence-electron chi connectivity index (χ2n) is 4.00. The van der Waals surface area contributed by atoms with Crippen molar-refractivity contribution >= 4 is 11.6 Å². The van der Waals surface area contributed by atoms with Gasteiger partial charge in [-0.3, -0.25) is 0 Å². The van der Waals surface area contributed by atoms with E-state index in [9.17, 15) is 8.78 Å². The van der Waals surface area contributed by atoms with Crippen LogP contribution in [0.5, 0.6) is 0 Å². The first kappa shape index (κ1) is 10.5. The van der Waals surface area contributed by atoms with Gasteiger partial charge in [0.05, 0.1) is 0 Å². The van der Waals surface area contributed by atoms with Gasteiger partial charge in [-0.25, -0.2) is 8.78 Å². The molecule has 1 rings (SSSR count). The molecule has 0 saturated carbocycles. The lowest BCUT2D eigenvalue weighted by Gasteiger charge is -2.20. The molecule has 0 aliphatic rings. The second kappa shape index (κ2) is 3.26. The topological polar surface area (TPSA) is 0 Å². The summed E-state index contributed by atoms with van der Waals surface area (Å²) in [5.74, 6) is -1.70. The molecule has 0 unspecified atom stereocenters. The summed E-state index contributed by atoms with van der Waals surface area (Å²) in [6, 6.07) is 2.44. The first-order valence-corrected chi connectivity index (χ1v) is 4.35. The quantitative estimate of drug-likeness (QED) is 0.562. The summed E-state index contributed by atoms with van der Waals surface area (Å²) in [5.41, 5.74) is -0.131.